The van der Waals surface area contributed by atoms with Crippen LogP contribution in [0.25, 0.3) is 32.1 Å². The van der Waals surface area contributed by atoms with Crippen LogP contribution in [-0.2, 0) is 6.54 Å². The first-order chi connectivity index (χ1) is 9.42. The largest absolute Gasteiger partial charge is 0.386 e. The molecule has 4 aromatic rings. The van der Waals surface area contributed by atoms with Crippen LogP contribution in [0.1, 0.15) is 5.56 Å². The maximum absolute atomic E-state index is 6.02. The van der Waals surface area contributed by atoms with E-state index < -0.39 is 0 Å². The number of pyridine rings is 2. The lowest BCUT2D eigenvalue weighted by atomic mass is 10.2. The van der Waals surface area contributed by atoms with Crippen molar-refractivity contribution in [3.8, 4) is 11.5 Å². The Balaban J connectivity index is 1.94. The summed E-state index contributed by atoms with van der Waals surface area (Å²) in [6.45, 7) is 0.836. The zero-order chi connectivity index (χ0) is 12.4. The quantitative estimate of drug-likeness (QED) is 0.405. The van der Waals surface area contributed by atoms with E-state index in [1.807, 2.05) is 30.7 Å². The molecule has 19 heavy (non-hydrogen) atoms. The molecule has 0 aromatic carbocycles. The lowest BCUT2D eigenvalue weighted by molar-refractivity contribution is -0.648. The number of aromatic nitrogens is 3. The van der Waals surface area contributed by atoms with Gasteiger partial charge in [-0.1, -0.05) is 11.3 Å². The van der Waals surface area contributed by atoms with Crippen LogP contribution < -0.4 is 4.57 Å². The zero-order valence-electron chi connectivity index (χ0n) is 9.83. The van der Waals surface area contributed by atoms with Crippen LogP contribution in [0.5, 0.6) is 0 Å². The van der Waals surface area contributed by atoms with Crippen molar-refractivity contribution < 1.29 is 8.98 Å². The number of fused-ring (bicyclic) bond motifs is 7. The molecule has 0 atom stereocenters. The number of hydrogen-bond donors (Lipinski definition) is 0. The predicted molar refractivity (Wildman–Crippen MR) is 71.9 cm³/mol. The summed E-state index contributed by atoms with van der Waals surface area (Å²) in [6.07, 6.45) is 5.53. The number of oxazole rings is 1. The molecule has 0 N–H and O–H groups in total. The molecule has 0 radical (unpaired) electrons. The first-order valence-electron chi connectivity index (χ1n) is 6.05. The minimum Gasteiger partial charge on any atom is -0.386 e. The first kappa shape index (κ1) is 9.63. The fourth-order valence-corrected chi connectivity index (χ4v) is 3.74. The smallest absolute Gasteiger partial charge is 0.384 e. The summed E-state index contributed by atoms with van der Waals surface area (Å²) < 4.78 is 9.39. The van der Waals surface area contributed by atoms with E-state index in [0.717, 1.165) is 33.9 Å². The van der Waals surface area contributed by atoms with E-state index in [0.29, 0.717) is 0 Å². The molecule has 0 fully saturated rings. The second-order valence-corrected chi connectivity index (χ2v) is 5.63. The first-order valence-corrected chi connectivity index (χ1v) is 6.86. The van der Waals surface area contributed by atoms with Crippen molar-refractivity contribution in [3.05, 3.63) is 42.4 Å². The second-order valence-electron chi connectivity index (χ2n) is 4.61. The second kappa shape index (κ2) is 3.19. The molecular formula is C14H8N3OS+. The Morgan fingerprint density at radius 2 is 2.26 bits per heavy atom. The van der Waals surface area contributed by atoms with Gasteiger partial charge in [-0.3, -0.25) is 4.98 Å². The van der Waals surface area contributed by atoms with Gasteiger partial charge in [0.25, 0.3) is 10.4 Å². The van der Waals surface area contributed by atoms with Gasteiger partial charge in [0, 0.05) is 24.2 Å². The van der Waals surface area contributed by atoms with Gasteiger partial charge in [-0.05, 0) is 18.2 Å². The van der Waals surface area contributed by atoms with E-state index in [4.69, 9.17) is 4.42 Å². The Labute approximate surface area is 112 Å². The summed E-state index contributed by atoms with van der Waals surface area (Å²) in [5.74, 6) is 0.900. The van der Waals surface area contributed by atoms with Crippen molar-refractivity contribution >= 4 is 32.0 Å². The normalized spacial score (nSPS) is 13.1. The molecule has 4 aromatic heterocycles. The molecule has 0 amide bonds. The number of rotatable bonds is 0. The highest BCUT2D eigenvalue weighted by molar-refractivity contribution is 7.25. The SMILES string of the molecule is c1cnc2c(c1)sc1oc3[n+](c12)Cc1ccncc1-3. The van der Waals surface area contributed by atoms with Gasteiger partial charge in [0.15, 0.2) is 12.1 Å². The van der Waals surface area contributed by atoms with Gasteiger partial charge in [-0.25, -0.2) is 4.98 Å². The average Bonchev–Trinajstić information content (AvgIpc) is 3.05. The monoisotopic (exact) mass is 266 g/mol. The van der Waals surface area contributed by atoms with E-state index in [-0.39, 0.29) is 0 Å². The van der Waals surface area contributed by atoms with Crippen LogP contribution in [0.2, 0.25) is 0 Å². The molecule has 0 spiro atoms. The summed E-state index contributed by atoms with van der Waals surface area (Å²) in [5.41, 5.74) is 4.48. The minimum absolute atomic E-state index is 0.836. The van der Waals surface area contributed by atoms with Gasteiger partial charge >= 0.3 is 5.89 Å². The third kappa shape index (κ3) is 1.11. The maximum atomic E-state index is 6.02. The Hall–Kier alpha value is -2.27. The molecule has 0 aliphatic carbocycles. The maximum Gasteiger partial charge on any atom is 0.384 e. The average molecular weight is 266 g/mol. The number of nitrogens with zero attached hydrogens (tertiary/aromatic N) is 3. The molecule has 5 heterocycles. The molecule has 5 rings (SSSR count). The molecule has 1 aliphatic rings. The van der Waals surface area contributed by atoms with Gasteiger partial charge in [-0.2, -0.15) is 0 Å². The highest BCUT2D eigenvalue weighted by Crippen LogP contribution is 2.37. The molecule has 0 bridgehead atoms. The van der Waals surface area contributed by atoms with Crippen LogP contribution in [0.3, 0.4) is 0 Å². The summed E-state index contributed by atoms with van der Waals surface area (Å²) in [5, 5.41) is 0. The van der Waals surface area contributed by atoms with Gasteiger partial charge in [0.05, 0.1) is 4.70 Å². The Morgan fingerprint density at radius 1 is 1.26 bits per heavy atom. The van der Waals surface area contributed by atoms with Gasteiger partial charge in [0.1, 0.15) is 5.56 Å². The third-order valence-electron chi connectivity index (χ3n) is 3.57. The predicted octanol–water partition coefficient (Wildman–Crippen LogP) is 2.75. The molecule has 0 unspecified atom stereocenters. The molecule has 4 nitrogen and oxygen atoms in total. The lowest BCUT2D eigenvalue weighted by Crippen LogP contribution is -2.30. The van der Waals surface area contributed by atoms with Crippen molar-refractivity contribution in [1.29, 1.82) is 0 Å². The van der Waals surface area contributed by atoms with Crippen molar-refractivity contribution in [1.82, 2.24) is 9.97 Å². The Morgan fingerprint density at radius 3 is 3.26 bits per heavy atom. The summed E-state index contributed by atoms with van der Waals surface area (Å²) in [4.78, 5) is 9.63. The molecule has 1 aliphatic heterocycles. The fourth-order valence-electron chi connectivity index (χ4n) is 2.72. The highest BCUT2D eigenvalue weighted by atomic mass is 32.1. The lowest BCUT2D eigenvalue weighted by Gasteiger charge is -1.88. The van der Waals surface area contributed by atoms with E-state index in [1.54, 1.807) is 11.3 Å². The van der Waals surface area contributed by atoms with Crippen LogP contribution in [-0.4, -0.2) is 9.97 Å². The summed E-state index contributed by atoms with van der Waals surface area (Å²) >= 11 is 1.65. The fraction of sp³-hybridized carbons (Fsp3) is 0.0714. The molecule has 5 heteroatoms. The van der Waals surface area contributed by atoms with E-state index in [1.165, 1.54) is 10.3 Å². The van der Waals surface area contributed by atoms with Crippen molar-refractivity contribution in [2.45, 2.75) is 6.54 Å². The van der Waals surface area contributed by atoms with Crippen molar-refractivity contribution in [3.63, 3.8) is 0 Å². The van der Waals surface area contributed by atoms with E-state index in [9.17, 15) is 0 Å². The summed E-state index contributed by atoms with van der Waals surface area (Å²) in [7, 11) is 0. The number of thiophene rings is 1. The Kier molecular flexibility index (Phi) is 1.62. The van der Waals surface area contributed by atoms with E-state index >= 15 is 0 Å². The van der Waals surface area contributed by atoms with E-state index in [2.05, 4.69) is 20.6 Å². The van der Waals surface area contributed by atoms with Crippen LogP contribution in [0, 0.1) is 0 Å². The number of hydrogen-bond acceptors (Lipinski definition) is 4. The van der Waals surface area contributed by atoms with Crippen LogP contribution in [0.4, 0.5) is 0 Å². The highest BCUT2D eigenvalue weighted by Gasteiger charge is 2.36. The van der Waals surface area contributed by atoms with Crippen LogP contribution in [0.15, 0.2) is 41.2 Å². The van der Waals surface area contributed by atoms with Crippen molar-refractivity contribution in [2.75, 3.05) is 0 Å². The molecule has 0 saturated heterocycles. The zero-order valence-corrected chi connectivity index (χ0v) is 10.6. The molecular weight excluding hydrogens is 258 g/mol. The topological polar surface area (TPSA) is 42.8 Å². The van der Waals surface area contributed by atoms with Crippen LogP contribution >= 0.6 is 11.3 Å². The van der Waals surface area contributed by atoms with Gasteiger partial charge < -0.3 is 4.42 Å². The van der Waals surface area contributed by atoms with Gasteiger partial charge in [-0.15, -0.1) is 4.57 Å². The van der Waals surface area contributed by atoms with Gasteiger partial charge in [0.2, 0.25) is 0 Å². The summed E-state index contributed by atoms with van der Waals surface area (Å²) in [6, 6.07) is 6.09. The molecule has 90 valence electrons. The molecule has 0 saturated carbocycles. The standard InChI is InChI=1S/C14H8N3OS/c1-2-10-11(16-4-1)12-14(19-10)18-13-9-6-15-5-3-8(9)7-17(12)13/h1-6H,7H2/q+1. The Bertz CT molecular complexity index is 954. The van der Waals surface area contributed by atoms with Crippen molar-refractivity contribution in [2.24, 2.45) is 0 Å². The minimum atomic E-state index is 0.836. The third-order valence-corrected chi connectivity index (χ3v) is 4.58.